The molecule has 1 heterocycles. The summed E-state index contributed by atoms with van der Waals surface area (Å²) in [5.41, 5.74) is 1.00. The molecule has 1 aromatic carbocycles. The maximum absolute atomic E-state index is 14.6. The Kier molecular flexibility index (Phi) is 45.3. The second kappa shape index (κ2) is 51.6. The summed E-state index contributed by atoms with van der Waals surface area (Å²) in [5.74, 6) is -21.4. The normalized spacial score (nSPS) is 15.4. The van der Waals surface area contributed by atoms with Gasteiger partial charge in [-0.25, -0.2) is 0 Å². The lowest BCUT2D eigenvalue weighted by atomic mass is 9.94. The van der Waals surface area contributed by atoms with E-state index in [1.165, 1.54) is 150 Å². The number of rotatable bonds is 55. The average Bonchev–Trinajstić information content (AvgIpc) is 1.68. The van der Waals surface area contributed by atoms with Gasteiger partial charge in [0, 0.05) is 32.7 Å². The molecule has 1 aliphatic rings. The third-order valence-corrected chi connectivity index (χ3v) is 22.9. The minimum atomic E-state index is -1.92. The number of likely N-dealkylation sites (tertiary alicyclic amines) is 1. The highest BCUT2D eigenvalue weighted by atomic mass is 16.3. The molecule has 1 unspecified atom stereocenters. The molecule has 0 aliphatic carbocycles. The second-order valence-electron chi connectivity index (χ2n) is 40.9. The first-order valence-corrected chi connectivity index (χ1v) is 46.2. The van der Waals surface area contributed by atoms with Gasteiger partial charge in [-0.2, -0.15) is 0 Å². The van der Waals surface area contributed by atoms with Crippen molar-refractivity contribution in [1.29, 1.82) is 0 Å². The van der Waals surface area contributed by atoms with Gasteiger partial charge in [0.05, 0.1) is 19.2 Å². The molecule has 2 rings (SSSR count). The lowest BCUT2D eigenvalue weighted by Crippen LogP contribution is -2.67. The number of nitrogens with one attached hydrogen (secondary N) is 19. The van der Waals surface area contributed by atoms with Crippen molar-refractivity contribution >= 4 is 136 Å². The largest absolute Gasteiger partial charge is 0.394 e. The number of hydrogen-bond acceptors (Lipinski definition) is 24. The van der Waals surface area contributed by atoms with E-state index in [2.05, 4.69) is 101 Å². The zero-order valence-electron chi connectivity index (χ0n) is 85.3. The molecular formula is C92H153N23O24. The van der Waals surface area contributed by atoms with Gasteiger partial charge in [0.15, 0.2) is 0 Å². The Hall–Kier alpha value is -13.0. The standard InChI is InChI=1S/C92H153N23O24/c1-28-49(6)65(105-80(136)87(16,17)109-70(126)57(38-41-62(95)120)103-79(135)89(20,21)113-81(137)90(22,23)108-67(123)51(8)98-77(133)86(14,15)107-66(122)50(7)97-76(132)85(12,13)106-52(9)117)74(130)112-84(10,11)75(131)96-45-63(121)100-58(43-47(2)3)71(127)110-92(26,27)83(139)115-42-32-35-59(115)72(128)104-64(48(4)5)73(129)111-91(24,25)82(138)114-88(18,19)78(134)102-56(37-40-61(94)119)69(125)101-55(36-39-60(93)118)68(124)99-54(46-116)44-53-33-30-29-31-34-53/h29-31,33-34,47-51,54-59,64-65,116H,28,32,35-46H2,1-27H3,(H2,93,118)(H2,94,119)(H2,95,120)(H,96,131)(H,97,132)(H,98,133)(H,99,124)(H,100,121)(H,101,125)(H,102,134)(H,103,135)(H,104,128)(H,105,136)(H,106,117)(H,107,122)(H,108,123)(H,109,126)(H,110,127)(H,111,129)(H,112,130)(H,113,137)(H,114,138)/t49-,50-,51-,54?,55-,56-,57-,58-,59-,64-,65-/m0/s1. The number of carbonyl (C=O) groups is 23. The quantitative estimate of drug-likeness (QED) is 0.0292. The minimum absolute atomic E-state index is 0.00574. The molecule has 26 N–H and O–H groups in total. The van der Waals surface area contributed by atoms with Gasteiger partial charge in [-0.3, -0.25) is 110 Å². The van der Waals surface area contributed by atoms with Gasteiger partial charge in [-0.05, 0) is 207 Å². The maximum Gasteiger partial charge on any atom is 0.248 e. The topological polar surface area (TPSA) is 723 Å². The molecular weight excluding hydrogens is 1810 g/mol. The molecule has 0 saturated carbocycles. The Labute approximate surface area is 812 Å². The van der Waals surface area contributed by atoms with E-state index >= 15 is 0 Å². The van der Waals surface area contributed by atoms with Crippen LogP contribution in [0.15, 0.2) is 30.3 Å². The van der Waals surface area contributed by atoms with E-state index in [9.17, 15) is 115 Å². The summed E-state index contributed by atoms with van der Waals surface area (Å²) in [4.78, 5) is 314. The molecule has 0 spiro atoms. The SMILES string of the molecule is CC[C@H](C)[C@H](NC(=O)C(C)(C)NC(=O)[C@H](CCC(N)=O)NC(=O)C(C)(C)NC(=O)C(C)(C)NC(=O)[C@H](C)NC(=O)C(C)(C)NC(=O)[C@H](C)NC(=O)C(C)(C)NC(C)=O)C(=O)NC(C)(C)C(=O)NCC(=O)N[C@@H](CC(C)C)C(=O)NC(C)(C)C(=O)N1CCC[C@H]1C(=O)N[C@H](C(=O)NC(C)(C)C(=O)NC(C)(C)C(=O)N[C@@H](CCC(N)=O)C(=O)N[C@@H](CCC(N)=O)C(=O)NC(CO)Cc1ccccc1)C(C)C. The first-order valence-electron chi connectivity index (χ1n) is 46.2. The molecule has 780 valence electrons. The lowest BCUT2D eigenvalue weighted by molar-refractivity contribution is -0.146. The van der Waals surface area contributed by atoms with Crippen molar-refractivity contribution in [3.05, 3.63) is 35.9 Å². The summed E-state index contributed by atoms with van der Waals surface area (Å²) in [6, 6.07) is -4.43. The predicted octanol–water partition coefficient (Wildman–Crippen LogP) is -4.65. The molecule has 0 aromatic heterocycles. The minimum Gasteiger partial charge on any atom is -0.394 e. The summed E-state index contributed by atoms with van der Waals surface area (Å²) in [6.45, 7) is 36.3. The predicted molar refractivity (Wildman–Crippen MR) is 508 cm³/mol. The molecule has 1 fully saturated rings. The number of hydrogen-bond donors (Lipinski definition) is 23. The fraction of sp³-hybridized carbons (Fsp3) is 0.685. The summed E-state index contributed by atoms with van der Waals surface area (Å²) < 4.78 is 0. The number of aliphatic hydroxyl groups is 1. The maximum atomic E-state index is 14.6. The van der Waals surface area contributed by atoms with Crippen LogP contribution < -0.4 is 118 Å². The third kappa shape index (κ3) is 39.1. The summed E-state index contributed by atoms with van der Waals surface area (Å²) >= 11 is 0. The van der Waals surface area contributed by atoms with Crippen molar-refractivity contribution < 1.29 is 115 Å². The van der Waals surface area contributed by atoms with Gasteiger partial charge >= 0.3 is 0 Å². The highest BCUT2D eigenvalue weighted by Crippen LogP contribution is 2.25. The fourth-order valence-corrected chi connectivity index (χ4v) is 13.9. The van der Waals surface area contributed by atoms with Crippen LogP contribution in [0.4, 0.5) is 0 Å². The number of nitrogens with zero attached hydrogens (tertiary/aromatic N) is 1. The lowest BCUT2D eigenvalue weighted by Gasteiger charge is -2.36. The van der Waals surface area contributed by atoms with E-state index in [-0.39, 0.29) is 51.0 Å². The van der Waals surface area contributed by atoms with Crippen LogP contribution in [-0.4, -0.2) is 276 Å². The Morgan fingerprint density at radius 2 is 0.748 bits per heavy atom. The molecule has 47 nitrogen and oxygen atoms in total. The molecule has 47 heteroatoms. The van der Waals surface area contributed by atoms with Gasteiger partial charge in [0.1, 0.15) is 104 Å². The zero-order chi connectivity index (χ0) is 107. The Balaban J connectivity index is 2.20. The van der Waals surface area contributed by atoms with Crippen LogP contribution in [0.2, 0.25) is 0 Å². The monoisotopic (exact) mass is 1960 g/mol. The number of primary amides is 3. The van der Waals surface area contributed by atoms with E-state index in [1.807, 2.05) is 0 Å². The van der Waals surface area contributed by atoms with Crippen LogP contribution in [0.3, 0.4) is 0 Å². The molecule has 11 atom stereocenters. The Morgan fingerprint density at radius 1 is 0.388 bits per heavy atom. The molecule has 1 saturated heterocycles. The van der Waals surface area contributed by atoms with Crippen molar-refractivity contribution in [2.45, 2.75) is 368 Å². The van der Waals surface area contributed by atoms with Crippen molar-refractivity contribution in [3.8, 4) is 0 Å². The number of amides is 23. The summed E-state index contributed by atoms with van der Waals surface area (Å²) in [7, 11) is 0. The number of aliphatic hydroxyl groups excluding tert-OH is 1. The summed E-state index contributed by atoms with van der Waals surface area (Å²) in [5, 5.41) is 58.4. The molecule has 139 heavy (non-hydrogen) atoms. The second-order valence-corrected chi connectivity index (χ2v) is 40.9. The van der Waals surface area contributed by atoms with Gasteiger partial charge < -0.3 is 128 Å². The molecule has 1 aromatic rings. The van der Waals surface area contributed by atoms with E-state index in [0.717, 1.165) is 5.56 Å². The van der Waals surface area contributed by atoms with Crippen LogP contribution >= 0.6 is 0 Å². The summed E-state index contributed by atoms with van der Waals surface area (Å²) in [6.07, 6.45) is -1.54. The number of nitrogens with two attached hydrogens (primary N) is 3. The average molecular weight is 1970 g/mol. The fourth-order valence-electron chi connectivity index (χ4n) is 13.9. The number of carbonyl (C=O) groups excluding carboxylic acids is 23. The molecule has 1 aliphatic heterocycles. The Bertz CT molecular complexity index is 4680. The van der Waals surface area contributed by atoms with Crippen LogP contribution in [0, 0.1) is 17.8 Å². The van der Waals surface area contributed by atoms with Gasteiger partial charge in [-0.1, -0.05) is 78.3 Å². The van der Waals surface area contributed by atoms with Crippen molar-refractivity contribution in [1.82, 2.24) is 106 Å². The molecule has 23 amide bonds. The molecule has 0 bridgehead atoms. The van der Waals surface area contributed by atoms with Crippen molar-refractivity contribution in [2.75, 3.05) is 19.7 Å². The van der Waals surface area contributed by atoms with Crippen LogP contribution in [0.25, 0.3) is 0 Å². The highest BCUT2D eigenvalue weighted by Gasteiger charge is 2.48. The third-order valence-electron chi connectivity index (χ3n) is 22.9. The smallest absolute Gasteiger partial charge is 0.248 e. The van der Waals surface area contributed by atoms with Gasteiger partial charge in [0.2, 0.25) is 136 Å². The number of benzene rings is 1. The first-order chi connectivity index (χ1) is 63.5. The van der Waals surface area contributed by atoms with E-state index in [1.54, 1.807) is 71.9 Å². The van der Waals surface area contributed by atoms with Crippen molar-refractivity contribution in [2.24, 2.45) is 35.0 Å². The van der Waals surface area contributed by atoms with Crippen LogP contribution in [0.5, 0.6) is 0 Å². The highest BCUT2D eigenvalue weighted by molar-refractivity contribution is 6.05. The van der Waals surface area contributed by atoms with Crippen molar-refractivity contribution in [3.63, 3.8) is 0 Å². The van der Waals surface area contributed by atoms with Crippen LogP contribution in [0.1, 0.15) is 257 Å². The van der Waals surface area contributed by atoms with Gasteiger partial charge in [-0.15, -0.1) is 0 Å². The van der Waals surface area contributed by atoms with E-state index in [4.69, 9.17) is 17.2 Å². The molecule has 0 radical (unpaired) electrons. The Morgan fingerprint density at radius 3 is 1.17 bits per heavy atom. The zero-order valence-corrected chi connectivity index (χ0v) is 85.3. The first kappa shape index (κ1) is 122. The van der Waals surface area contributed by atoms with E-state index in [0.29, 0.717) is 6.42 Å². The van der Waals surface area contributed by atoms with E-state index < -0.39 is 297 Å². The van der Waals surface area contributed by atoms with Crippen LogP contribution in [-0.2, 0) is 117 Å². The van der Waals surface area contributed by atoms with Gasteiger partial charge in [0.25, 0.3) is 0 Å².